The summed E-state index contributed by atoms with van der Waals surface area (Å²) in [5.74, 6) is -0.444. The zero-order valence-corrected chi connectivity index (χ0v) is 14.7. The molecule has 0 aliphatic heterocycles. The molecule has 3 aromatic rings. The largest absolute Gasteiger partial charge is 0.383 e. The smallest absolute Gasteiger partial charge is 0.267 e. The molecule has 132 valence electrons. The van der Waals surface area contributed by atoms with Crippen molar-refractivity contribution in [2.45, 2.75) is 20.4 Å². The van der Waals surface area contributed by atoms with Crippen LogP contribution in [-0.2, 0) is 16.1 Å². The number of carbonyl (C=O) groups is 1. The standard InChI is InChI=1S/C18H17N5O3/c1-11-5-4-6-23-15(11)21-17-14(18(23)25)9-13(10-19)16(20-12(2)24)22(17)7-8-26-3/h4-6,9H,7-8H2,1-3H3. The molecule has 0 aliphatic carbocycles. The highest BCUT2D eigenvalue weighted by molar-refractivity contribution is 5.79. The number of methoxy groups -OCH3 is 1. The zero-order chi connectivity index (χ0) is 18.8. The molecule has 0 radical (unpaired) electrons. The maximum atomic E-state index is 12.9. The molecule has 0 fully saturated rings. The summed E-state index contributed by atoms with van der Waals surface area (Å²) in [6.07, 6.45) is 1.64. The van der Waals surface area contributed by atoms with E-state index < -0.39 is 5.91 Å². The van der Waals surface area contributed by atoms with Gasteiger partial charge in [0.2, 0.25) is 5.91 Å². The first kappa shape index (κ1) is 17.5. The van der Waals surface area contributed by atoms with E-state index in [0.717, 1.165) is 5.56 Å². The van der Waals surface area contributed by atoms with Gasteiger partial charge in [-0.15, -0.1) is 0 Å². The second-order valence-electron chi connectivity index (χ2n) is 5.81. The summed E-state index contributed by atoms with van der Waals surface area (Å²) >= 11 is 0. The van der Waals surface area contributed by atoms with E-state index in [1.165, 1.54) is 17.4 Å². The third kappa shape index (κ3) is 2.89. The number of aryl methyl sites for hydroxylation is 1. The summed E-state index contributed by atoms with van der Waals surface area (Å²) in [5.41, 5.74) is 1.73. The Morgan fingerprint density at radius 3 is 2.85 bits per heavy atom. The van der Waals surface area contributed by atoms with Crippen LogP contribution in [0.1, 0.15) is 18.1 Å². The van der Waals surface area contributed by atoms with Crippen LogP contribution < -0.4 is 11.0 Å². The fraction of sp³-hybridized carbons (Fsp3) is 0.278. The van der Waals surface area contributed by atoms with Gasteiger partial charge in [0.1, 0.15) is 17.4 Å². The number of hydrogen-bond donors (Lipinski definition) is 0. The van der Waals surface area contributed by atoms with Crippen LogP contribution in [0.4, 0.5) is 0 Å². The maximum Gasteiger partial charge on any atom is 0.267 e. The first-order chi connectivity index (χ1) is 12.5. The monoisotopic (exact) mass is 351 g/mol. The number of aromatic nitrogens is 3. The van der Waals surface area contributed by atoms with Gasteiger partial charge in [0.15, 0.2) is 5.49 Å². The van der Waals surface area contributed by atoms with Gasteiger partial charge >= 0.3 is 0 Å². The summed E-state index contributed by atoms with van der Waals surface area (Å²) in [5, 5.41) is 9.77. The van der Waals surface area contributed by atoms with Crippen LogP contribution in [0, 0.1) is 18.3 Å². The van der Waals surface area contributed by atoms with E-state index in [0.29, 0.717) is 24.4 Å². The molecule has 0 spiro atoms. The Hall–Kier alpha value is -3.31. The lowest BCUT2D eigenvalue weighted by Gasteiger charge is -2.13. The number of nitriles is 1. The Bertz CT molecular complexity index is 1200. The first-order valence-electron chi connectivity index (χ1n) is 7.97. The van der Waals surface area contributed by atoms with Crippen molar-refractivity contribution in [3.8, 4) is 6.07 Å². The quantitative estimate of drug-likeness (QED) is 0.653. The van der Waals surface area contributed by atoms with Crippen molar-refractivity contribution in [1.82, 2.24) is 14.0 Å². The van der Waals surface area contributed by atoms with Crippen LogP contribution in [0.15, 0.2) is 34.2 Å². The van der Waals surface area contributed by atoms with Crippen LogP contribution >= 0.6 is 0 Å². The summed E-state index contributed by atoms with van der Waals surface area (Å²) in [4.78, 5) is 33.1. The van der Waals surface area contributed by atoms with Crippen LogP contribution in [0.5, 0.6) is 0 Å². The molecule has 8 heteroatoms. The summed E-state index contributed by atoms with van der Waals surface area (Å²) in [7, 11) is 1.54. The number of ether oxygens (including phenoxy) is 1. The van der Waals surface area contributed by atoms with E-state index in [4.69, 9.17) is 4.74 Å². The minimum atomic E-state index is -0.444. The summed E-state index contributed by atoms with van der Waals surface area (Å²) in [6.45, 7) is 3.77. The van der Waals surface area contributed by atoms with Crippen LogP contribution in [0.3, 0.4) is 0 Å². The van der Waals surface area contributed by atoms with Crippen molar-refractivity contribution in [2.24, 2.45) is 4.99 Å². The third-order valence-corrected chi connectivity index (χ3v) is 4.01. The van der Waals surface area contributed by atoms with Crippen molar-refractivity contribution in [2.75, 3.05) is 13.7 Å². The van der Waals surface area contributed by atoms with Gasteiger partial charge in [-0.3, -0.25) is 14.0 Å². The van der Waals surface area contributed by atoms with Gasteiger partial charge in [-0.1, -0.05) is 6.07 Å². The van der Waals surface area contributed by atoms with Crippen molar-refractivity contribution >= 4 is 22.6 Å². The minimum absolute atomic E-state index is 0.135. The van der Waals surface area contributed by atoms with Gasteiger partial charge in [0, 0.05) is 26.8 Å². The lowest BCUT2D eigenvalue weighted by Crippen LogP contribution is -2.30. The highest BCUT2D eigenvalue weighted by Crippen LogP contribution is 2.12. The average Bonchev–Trinajstić information content (AvgIpc) is 2.61. The third-order valence-electron chi connectivity index (χ3n) is 4.01. The number of carbonyl (C=O) groups excluding carboxylic acids is 1. The molecule has 3 aromatic heterocycles. The molecule has 3 heterocycles. The Balaban J connectivity index is 2.58. The molecule has 0 bridgehead atoms. The minimum Gasteiger partial charge on any atom is -0.383 e. The van der Waals surface area contributed by atoms with E-state index in [1.807, 2.05) is 19.1 Å². The summed E-state index contributed by atoms with van der Waals surface area (Å²) in [6, 6.07) is 7.07. The highest BCUT2D eigenvalue weighted by Gasteiger charge is 2.15. The van der Waals surface area contributed by atoms with Crippen LogP contribution in [0.25, 0.3) is 16.7 Å². The topological polar surface area (TPSA) is 102 Å². The molecule has 26 heavy (non-hydrogen) atoms. The van der Waals surface area contributed by atoms with Crippen molar-refractivity contribution in [3.05, 3.63) is 51.4 Å². The van der Waals surface area contributed by atoms with Crippen molar-refractivity contribution < 1.29 is 9.53 Å². The lowest BCUT2D eigenvalue weighted by molar-refractivity contribution is -0.116. The molecule has 1 amide bonds. The average molecular weight is 351 g/mol. The Morgan fingerprint density at radius 2 is 2.19 bits per heavy atom. The van der Waals surface area contributed by atoms with Crippen molar-refractivity contribution in [3.63, 3.8) is 0 Å². The number of hydrogen-bond acceptors (Lipinski definition) is 5. The van der Waals surface area contributed by atoms with Crippen LogP contribution in [0.2, 0.25) is 0 Å². The van der Waals surface area contributed by atoms with E-state index >= 15 is 0 Å². The van der Waals surface area contributed by atoms with Crippen molar-refractivity contribution in [1.29, 1.82) is 5.26 Å². The normalized spacial score (nSPS) is 11.8. The van der Waals surface area contributed by atoms with E-state index in [1.54, 1.807) is 23.9 Å². The molecule has 0 saturated heterocycles. The van der Waals surface area contributed by atoms with E-state index in [-0.39, 0.29) is 22.0 Å². The number of nitrogens with zero attached hydrogens (tertiary/aromatic N) is 5. The highest BCUT2D eigenvalue weighted by atomic mass is 16.5. The fourth-order valence-electron chi connectivity index (χ4n) is 2.83. The molecule has 0 atom stereocenters. The lowest BCUT2D eigenvalue weighted by atomic mass is 10.2. The second-order valence-corrected chi connectivity index (χ2v) is 5.81. The Kier molecular flexibility index (Phi) is 4.65. The van der Waals surface area contributed by atoms with Gasteiger partial charge in [-0.25, -0.2) is 4.98 Å². The fourth-order valence-corrected chi connectivity index (χ4v) is 2.83. The molecular weight excluding hydrogens is 334 g/mol. The van der Waals surface area contributed by atoms with Gasteiger partial charge < -0.3 is 9.30 Å². The van der Waals surface area contributed by atoms with Gasteiger partial charge in [0.25, 0.3) is 5.56 Å². The molecule has 3 rings (SSSR count). The number of rotatable bonds is 3. The maximum absolute atomic E-state index is 12.9. The molecule has 0 aliphatic rings. The molecule has 0 aromatic carbocycles. The second kappa shape index (κ2) is 6.90. The predicted octanol–water partition coefficient (Wildman–Crippen LogP) is 0.923. The van der Waals surface area contributed by atoms with Crippen LogP contribution in [-0.4, -0.2) is 33.6 Å². The predicted molar refractivity (Wildman–Crippen MR) is 94.5 cm³/mol. The zero-order valence-electron chi connectivity index (χ0n) is 14.7. The van der Waals surface area contributed by atoms with Gasteiger partial charge in [0.05, 0.1) is 17.6 Å². The molecule has 8 nitrogen and oxygen atoms in total. The Morgan fingerprint density at radius 1 is 1.42 bits per heavy atom. The number of pyridine rings is 2. The molecular formula is C18H17N5O3. The van der Waals surface area contributed by atoms with Gasteiger partial charge in [-0.2, -0.15) is 10.3 Å². The summed E-state index contributed by atoms with van der Waals surface area (Å²) < 4.78 is 8.16. The number of amides is 1. The molecule has 0 saturated carbocycles. The van der Waals surface area contributed by atoms with E-state index in [9.17, 15) is 14.9 Å². The molecule has 0 N–H and O–H groups in total. The Labute approximate surface area is 148 Å². The number of fused-ring (bicyclic) bond motifs is 2. The van der Waals surface area contributed by atoms with E-state index in [2.05, 4.69) is 9.98 Å². The first-order valence-corrected chi connectivity index (χ1v) is 7.97. The molecule has 0 unspecified atom stereocenters. The SMILES string of the molecule is COCCn1c(=NC(C)=O)c(C#N)cc2c(=O)n3cccc(C)c3nc21. The van der Waals surface area contributed by atoms with Gasteiger partial charge in [-0.05, 0) is 24.6 Å².